The van der Waals surface area contributed by atoms with Gasteiger partial charge in [-0.3, -0.25) is 10.1 Å². The largest absolute Gasteiger partial charge is 0.489 e. The second-order valence-electron chi connectivity index (χ2n) is 9.29. The van der Waals surface area contributed by atoms with E-state index < -0.39 is 0 Å². The molecule has 9 nitrogen and oxygen atoms in total. The molecule has 0 amide bonds. The highest BCUT2D eigenvalue weighted by atomic mass is 19.1. The molecule has 0 saturated carbocycles. The van der Waals surface area contributed by atoms with Gasteiger partial charge >= 0.3 is 0 Å². The van der Waals surface area contributed by atoms with Gasteiger partial charge in [0.25, 0.3) is 0 Å². The minimum atomic E-state index is -0.316. The number of pyridine rings is 3. The molecule has 1 saturated heterocycles. The predicted octanol–water partition coefficient (Wildman–Crippen LogP) is 4.90. The van der Waals surface area contributed by atoms with Crippen LogP contribution in [0.15, 0.2) is 67.3 Å². The quantitative estimate of drug-likeness (QED) is 0.305. The fourth-order valence-electron chi connectivity index (χ4n) is 4.91. The summed E-state index contributed by atoms with van der Waals surface area (Å²) in [5, 5.41) is 11.6. The number of ether oxygens (including phenoxy) is 1. The number of aromatic nitrogens is 7. The summed E-state index contributed by atoms with van der Waals surface area (Å²) in [6.07, 6.45) is 9.10. The molecule has 6 aromatic rings. The van der Waals surface area contributed by atoms with Crippen LogP contribution in [-0.2, 0) is 0 Å². The van der Waals surface area contributed by atoms with Gasteiger partial charge in [-0.1, -0.05) is 18.2 Å². The molecule has 0 unspecified atom stereocenters. The summed E-state index contributed by atoms with van der Waals surface area (Å²) >= 11 is 0. The maximum atomic E-state index is 14.6. The number of rotatable bonds is 5. The lowest BCUT2D eigenvalue weighted by atomic mass is 10.1. The second kappa shape index (κ2) is 9.31. The topological polar surface area (TPSA) is 117 Å². The summed E-state index contributed by atoms with van der Waals surface area (Å²) in [4.78, 5) is 21.4. The second-order valence-corrected chi connectivity index (χ2v) is 9.29. The molecule has 0 bridgehead atoms. The maximum Gasteiger partial charge on any atom is 0.161 e. The number of halogens is 1. The third-order valence-corrected chi connectivity index (χ3v) is 6.82. The number of nitrogens with zero attached hydrogens (tertiary/aromatic N) is 5. The number of aromatic amines is 2. The molecule has 1 aromatic carbocycles. The molecule has 5 aromatic heterocycles. The monoisotopic (exact) mass is 506 g/mol. The van der Waals surface area contributed by atoms with Gasteiger partial charge in [-0.15, -0.1) is 0 Å². The number of imidazole rings is 1. The predicted molar refractivity (Wildman–Crippen MR) is 142 cm³/mol. The zero-order valence-corrected chi connectivity index (χ0v) is 20.3. The van der Waals surface area contributed by atoms with Crippen molar-refractivity contribution in [3.8, 4) is 39.5 Å². The van der Waals surface area contributed by atoms with Gasteiger partial charge in [-0.05, 0) is 50.2 Å². The van der Waals surface area contributed by atoms with E-state index in [0.717, 1.165) is 48.2 Å². The normalized spacial score (nSPS) is 14.3. The average molecular weight is 507 g/mol. The highest BCUT2D eigenvalue weighted by Gasteiger charge is 2.19. The number of hydrogen-bond acceptors (Lipinski definition) is 7. The fraction of sp³-hybridized carbons (Fsp3) is 0.179. The summed E-state index contributed by atoms with van der Waals surface area (Å²) in [6.45, 7) is 1.92. The maximum absolute atomic E-state index is 14.6. The van der Waals surface area contributed by atoms with Crippen molar-refractivity contribution < 1.29 is 9.13 Å². The molecule has 38 heavy (non-hydrogen) atoms. The van der Waals surface area contributed by atoms with Crippen molar-refractivity contribution in [3.05, 3.63) is 73.1 Å². The first kappa shape index (κ1) is 22.5. The van der Waals surface area contributed by atoms with E-state index in [-0.39, 0.29) is 11.9 Å². The Hall–Kier alpha value is -4.70. The highest BCUT2D eigenvalue weighted by molar-refractivity contribution is 5.96. The van der Waals surface area contributed by atoms with Crippen LogP contribution < -0.4 is 10.1 Å². The Bertz CT molecular complexity index is 1770. The van der Waals surface area contributed by atoms with Gasteiger partial charge in [0.05, 0.1) is 11.6 Å². The van der Waals surface area contributed by atoms with E-state index in [1.165, 1.54) is 6.07 Å². The zero-order valence-electron chi connectivity index (χ0n) is 20.3. The van der Waals surface area contributed by atoms with E-state index in [9.17, 15) is 4.39 Å². The molecule has 6 heterocycles. The van der Waals surface area contributed by atoms with E-state index in [0.29, 0.717) is 39.5 Å². The third-order valence-electron chi connectivity index (χ3n) is 6.82. The number of nitrogens with one attached hydrogen (secondary N) is 3. The summed E-state index contributed by atoms with van der Waals surface area (Å²) in [5.74, 6) is 0.942. The zero-order chi connectivity index (χ0) is 25.5. The Labute approximate surface area is 216 Å². The standard InChI is InChI=1S/C28H23FN8O/c29-23-4-2-1-3-20(23)21-7-10-32-27-24(21)34-28(35-27)25-22-12-17(14-33-26(22)37-36-25)16-11-19(15-31-13-16)38-18-5-8-30-9-6-18/h1-4,7,10-15,18,30H,5-6,8-9H2,(H,32,34,35)(H,33,36,37). The van der Waals surface area contributed by atoms with Crippen LogP contribution >= 0.6 is 0 Å². The van der Waals surface area contributed by atoms with Gasteiger partial charge in [0.15, 0.2) is 17.1 Å². The Balaban J connectivity index is 1.26. The molecular formula is C28H23FN8O. The van der Waals surface area contributed by atoms with Crippen LogP contribution in [0, 0.1) is 5.82 Å². The number of piperidine rings is 1. The SMILES string of the molecule is Fc1ccccc1-c1ccnc2[nH]c(-c3n[nH]c4ncc(-c5cncc(OC6CCNCC6)c5)cc34)nc12. The first-order valence-electron chi connectivity index (χ1n) is 12.5. The number of fused-ring (bicyclic) bond motifs is 2. The Morgan fingerprint density at radius 3 is 2.66 bits per heavy atom. The Morgan fingerprint density at radius 2 is 1.76 bits per heavy atom. The first-order chi connectivity index (χ1) is 18.7. The van der Waals surface area contributed by atoms with Crippen LogP contribution in [0.1, 0.15) is 12.8 Å². The van der Waals surface area contributed by atoms with Crippen molar-refractivity contribution in [1.82, 2.24) is 40.4 Å². The Kier molecular flexibility index (Phi) is 5.51. The Morgan fingerprint density at radius 1 is 0.895 bits per heavy atom. The van der Waals surface area contributed by atoms with E-state index in [1.807, 2.05) is 12.1 Å². The third kappa shape index (κ3) is 4.04. The smallest absolute Gasteiger partial charge is 0.161 e. The van der Waals surface area contributed by atoms with Gasteiger partial charge in [-0.25, -0.2) is 19.3 Å². The lowest BCUT2D eigenvalue weighted by molar-refractivity contribution is 0.162. The number of benzene rings is 1. The van der Waals surface area contributed by atoms with Crippen LogP contribution in [0.4, 0.5) is 4.39 Å². The van der Waals surface area contributed by atoms with Crippen molar-refractivity contribution >= 4 is 22.2 Å². The lowest BCUT2D eigenvalue weighted by Gasteiger charge is -2.23. The first-order valence-corrected chi connectivity index (χ1v) is 12.5. The molecular weight excluding hydrogens is 483 g/mol. The minimum absolute atomic E-state index is 0.185. The van der Waals surface area contributed by atoms with Crippen molar-refractivity contribution in [2.24, 2.45) is 0 Å². The molecule has 10 heteroatoms. The average Bonchev–Trinajstić information content (AvgIpc) is 3.58. The molecule has 0 aliphatic carbocycles. The molecule has 0 radical (unpaired) electrons. The number of H-pyrrole nitrogens is 2. The van der Waals surface area contributed by atoms with Crippen LogP contribution in [-0.4, -0.2) is 54.3 Å². The van der Waals surface area contributed by atoms with Crippen molar-refractivity contribution in [3.63, 3.8) is 0 Å². The number of hydrogen-bond donors (Lipinski definition) is 3. The van der Waals surface area contributed by atoms with Gasteiger partial charge in [0, 0.05) is 40.8 Å². The molecule has 188 valence electrons. The summed E-state index contributed by atoms with van der Waals surface area (Å²) in [6, 6.07) is 12.4. The minimum Gasteiger partial charge on any atom is -0.489 e. The van der Waals surface area contributed by atoms with Crippen LogP contribution in [0.2, 0.25) is 0 Å². The van der Waals surface area contributed by atoms with Gasteiger partial charge in [0.1, 0.15) is 28.9 Å². The lowest BCUT2D eigenvalue weighted by Crippen LogP contribution is -2.34. The van der Waals surface area contributed by atoms with Gasteiger partial charge in [-0.2, -0.15) is 5.10 Å². The van der Waals surface area contributed by atoms with Crippen LogP contribution in [0.3, 0.4) is 0 Å². The van der Waals surface area contributed by atoms with Crippen molar-refractivity contribution in [1.29, 1.82) is 0 Å². The molecule has 7 rings (SSSR count). The van der Waals surface area contributed by atoms with Crippen molar-refractivity contribution in [2.45, 2.75) is 18.9 Å². The molecule has 3 N–H and O–H groups in total. The fourth-order valence-corrected chi connectivity index (χ4v) is 4.91. The van der Waals surface area contributed by atoms with E-state index in [2.05, 4.69) is 35.5 Å². The van der Waals surface area contributed by atoms with Crippen LogP contribution in [0.5, 0.6) is 5.75 Å². The molecule has 1 fully saturated rings. The van der Waals surface area contributed by atoms with Gasteiger partial charge in [0.2, 0.25) is 0 Å². The van der Waals surface area contributed by atoms with Crippen LogP contribution in [0.25, 0.3) is 56.0 Å². The van der Waals surface area contributed by atoms with E-state index in [4.69, 9.17) is 9.72 Å². The summed E-state index contributed by atoms with van der Waals surface area (Å²) in [7, 11) is 0. The van der Waals surface area contributed by atoms with E-state index in [1.54, 1.807) is 49.1 Å². The van der Waals surface area contributed by atoms with Crippen molar-refractivity contribution in [2.75, 3.05) is 13.1 Å². The van der Waals surface area contributed by atoms with Gasteiger partial charge < -0.3 is 15.0 Å². The summed E-state index contributed by atoms with van der Waals surface area (Å²) in [5.41, 5.74) is 5.24. The molecule has 0 spiro atoms. The molecule has 1 aliphatic heterocycles. The molecule has 0 atom stereocenters. The van der Waals surface area contributed by atoms with E-state index >= 15 is 0 Å². The highest BCUT2D eigenvalue weighted by Crippen LogP contribution is 2.33. The molecule has 1 aliphatic rings. The summed E-state index contributed by atoms with van der Waals surface area (Å²) < 4.78 is 20.7.